The van der Waals surface area contributed by atoms with Crippen molar-refractivity contribution >= 4 is 29.1 Å². The topological polar surface area (TPSA) is 150 Å². The SMILES string of the molecule is COc1nc(-c2ccnc(-c3cccc(NC(=O)c4ccc(CNCC(C)(C)O)cn4)c3C)c2Cl)ccc1CNCC1CCC(=O)N1. The molecule has 1 atom stereocenters. The fraction of sp³-hybridized carbons (Fsp3) is 0.343. The molecule has 11 nitrogen and oxygen atoms in total. The molecular formula is C35H40ClN7O4. The zero-order valence-corrected chi connectivity index (χ0v) is 27.7. The van der Waals surface area contributed by atoms with Crippen LogP contribution in [0.5, 0.6) is 5.88 Å². The van der Waals surface area contributed by atoms with Gasteiger partial charge in [0.2, 0.25) is 11.8 Å². The molecule has 2 amide bonds. The number of aromatic nitrogens is 3. The van der Waals surface area contributed by atoms with E-state index in [2.05, 4.69) is 31.2 Å². The number of nitrogens with one attached hydrogen (secondary N) is 4. The maximum absolute atomic E-state index is 13.1. The van der Waals surface area contributed by atoms with E-state index in [-0.39, 0.29) is 23.6 Å². The van der Waals surface area contributed by atoms with Gasteiger partial charge in [0.1, 0.15) is 5.69 Å². The second kappa shape index (κ2) is 15.0. The highest BCUT2D eigenvalue weighted by atomic mass is 35.5. The van der Waals surface area contributed by atoms with E-state index in [0.717, 1.165) is 28.7 Å². The highest BCUT2D eigenvalue weighted by molar-refractivity contribution is 6.35. The molecule has 1 aromatic carbocycles. The van der Waals surface area contributed by atoms with E-state index in [1.54, 1.807) is 39.4 Å². The minimum atomic E-state index is -0.813. The van der Waals surface area contributed by atoms with E-state index < -0.39 is 5.60 Å². The van der Waals surface area contributed by atoms with Crippen LogP contribution in [-0.2, 0) is 17.9 Å². The third-order valence-corrected chi connectivity index (χ3v) is 8.25. The summed E-state index contributed by atoms with van der Waals surface area (Å²) in [5.74, 6) is 0.230. The number of anilines is 1. The summed E-state index contributed by atoms with van der Waals surface area (Å²) in [5, 5.41) is 22.8. The van der Waals surface area contributed by atoms with Crippen molar-refractivity contribution in [1.29, 1.82) is 0 Å². The number of nitrogens with zero attached hydrogens (tertiary/aromatic N) is 3. The van der Waals surface area contributed by atoms with Crippen molar-refractivity contribution in [3.63, 3.8) is 0 Å². The third kappa shape index (κ3) is 8.69. The van der Waals surface area contributed by atoms with Gasteiger partial charge in [-0.3, -0.25) is 19.6 Å². The van der Waals surface area contributed by atoms with Gasteiger partial charge in [0.15, 0.2) is 0 Å². The van der Waals surface area contributed by atoms with Gasteiger partial charge in [0, 0.05) is 73.4 Å². The van der Waals surface area contributed by atoms with Crippen LogP contribution in [0.4, 0.5) is 5.69 Å². The predicted molar refractivity (Wildman–Crippen MR) is 182 cm³/mol. The predicted octanol–water partition coefficient (Wildman–Crippen LogP) is 4.66. The van der Waals surface area contributed by atoms with Crippen molar-refractivity contribution in [3.8, 4) is 28.4 Å². The monoisotopic (exact) mass is 657 g/mol. The number of hydrogen-bond acceptors (Lipinski definition) is 9. The molecule has 1 fully saturated rings. The molecule has 1 aliphatic rings. The molecule has 1 aliphatic heterocycles. The van der Waals surface area contributed by atoms with Gasteiger partial charge in [-0.1, -0.05) is 35.9 Å². The second-order valence-electron chi connectivity index (χ2n) is 12.2. The van der Waals surface area contributed by atoms with Crippen molar-refractivity contribution in [3.05, 3.63) is 88.3 Å². The first kappa shape index (κ1) is 33.9. The minimum Gasteiger partial charge on any atom is -0.481 e. The molecule has 47 heavy (non-hydrogen) atoms. The van der Waals surface area contributed by atoms with Gasteiger partial charge in [-0.05, 0) is 62.6 Å². The number of methoxy groups -OCH3 is 1. The average Bonchev–Trinajstić information content (AvgIpc) is 3.47. The number of pyridine rings is 3. The van der Waals surface area contributed by atoms with E-state index >= 15 is 0 Å². The number of ether oxygens (including phenoxy) is 1. The van der Waals surface area contributed by atoms with Crippen LogP contribution in [-0.4, -0.2) is 63.7 Å². The maximum Gasteiger partial charge on any atom is 0.274 e. The molecule has 4 aromatic rings. The van der Waals surface area contributed by atoms with Gasteiger partial charge in [-0.25, -0.2) is 4.98 Å². The number of carbonyl (C=O) groups is 2. The van der Waals surface area contributed by atoms with Crippen LogP contribution in [0.1, 0.15) is 53.9 Å². The van der Waals surface area contributed by atoms with Crippen LogP contribution < -0.4 is 26.0 Å². The van der Waals surface area contributed by atoms with E-state index in [9.17, 15) is 14.7 Å². The van der Waals surface area contributed by atoms with Crippen LogP contribution in [0.25, 0.3) is 22.5 Å². The standard InChI is InChI=1S/C35H40ClN7O4/c1-21-25(6-5-7-27(21)42-33(45)29-11-8-22(17-40-29)16-38-20-35(2,3)46)32-31(36)26(14-15-39-32)28-12-9-23(34(43-28)47-4)18-37-19-24-10-13-30(44)41-24/h5-9,11-12,14-15,17,24,37-38,46H,10,13,16,18-20H2,1-4H3,(H,41,44)(H,42,45). The number of hydrogen-bond donors (Lipinski definition) is 5. The lowest BCUT2D eigenvalue weighted by molar-refractivity contribution is -0.119. The molecule has 0 bridgehead atoms. The van der Waals surface area contributed by atoms with E-state index in [1.807, 2.05) is 49.4 Å². The number of benzene rings is 1. The minimum absolute atomic E-state index is 0.0909. The molecule has 0 saturated carbocycles. The Bertz CT molecular complexity index is 1740. The molecule has 5 N–H and O–H groups in total. The molecule has 1 saturated heterocycles. The van der Waals surface area contributed by atoms with Crippen LogP contribution in [0, 0.1) is 6.92 Å². The smallest absolute Gasteiger partial charge is 0.274 e. The summed E-state index contributed by atoms with van der Waals surface area (Å²) >= 11 is 6.98. The fourth-order valence-electron chi connectivity index (χ4n) is 5.36. The first-order valence-electron chi connectivity index (χ1n) is 15.5. The van der Waals surface area contributed by atoms with Crippen LogP contribution in [0.15, 0.2) is 60.9 Å². The van der Waals surface area contributed by atoms with Gasteiger partial charge < -0.3 is 31.1 Å². The summed E-state index contributed by atoms with van der Waals surface area (Å²) in [5.41, 5.74) is 5.32. The second-order valence-corrected chi connectivity index (χ2v) is 12.6. The lowest BCUT2D eigenvalue weighted by Crippen LogP contribution is -2.35. The Morgan fingerprint density at radius 1 is 1.09 bits per heavy atom. The molecule has 5 rings (SSSR count). The molecule has 4 heterocycles. The Morgan fingerprint density at radius 2 is 1.91 bits per heavy atom. The lowest BCUT2D eigenvalue weighted by Gasteiger charge is -2.17. The Balaban J connectivity index is 1.29. The van der Waals surface area contributed by atoms with Crippen molar-refractivity contribution in [2.75, 3.05) is 25.5 Å². The van der Waals surface area contributed by atoms with Crippen molar-refractivity contribution in [2.24, 2.45) is 0 Å². The quantitative estimate of drug-likeness (QED) is 0.138. The number of carbonyl (C=O) groups excluding carboxylic acids is 2. The molecular weight excluding hydrogens is 618 g/mol. The number of rotatable bonds is 13. The Labute approximate surface area is 279 Å². The van der Waals surface area contributed by atoms with Gasteiger partial charge in [0.25, 0.3) is 5.91 Å². The highest BCUT2D eigenvalue weighted by Gasteiger charge is 2.21. The van der Waals surface area contributed by atoms with E-state index in [1.165, 1.54) is 0 Å². The summed E-state index contributed by atoms with van der Waals surface area (Å²) in [6.45, 7) is 7.54. The van der Waals surface area contributed by atoms with Crippen LogP contribution >= 0.6 is 11.6 Å². The van der Waals surface area contributed by atoms with Crippen molar-refractivity contribution in [1.82, 2.24) is 30.9 Å². The summed E-state index contributed by atoms with van der Waals surface area (Å²) in [6.07, 6.45) is 4.72. The molecule has 0 aliphatic carbocycles. The Hall–Kier alpha value is -4.42. The highest BCUT2D eigenvalue weighted by Crippen LogP contribution is 2.38. The number of halogens is 1. The Morgan fingerprint density at radius 3 is 2.62 bits per heavy atom. The molecule has 0 radical (unpaired) electrons. The van der Waals surface area contributed by atoms with E-state index in [0.29, 0.717) is 66.1 Å². The summed E-state index contributed by atoms with van der Waals surface area (Å²) in [6, 6.07) is 14.9. The largest absolute Gasteiger partial charge is 0.481 e. The summed E-state index contributed by atoms with van der Waals surface area (Å²) in [7, 11) is 1.58. The molecule has 3 aromatic heterocycles. The zero-order valence-electron chi connectivity index (χ0n) is 27.0. The van der Waals surface area contributed by atoms with E-state index in [4.69, 9.17) is 21.3 Å². The molecule has 0 spiro atoms. The fourth-order valence-corrected chi connectivity index (χ4v) is 5.67. The molecule has 12 heteroatoms. The first-order valence-corrected chi connectivity index (χ1v) is 15.9. The summed E-state index contributed by atoms with van der Waals surface area (Å²) in [4.78, 5) is 38.2. The maximum atomic E-state index is 13.1. The molecule has 1 unspecified atom stereocenters. The van der Waals surface area contributed by atoms with Gasteiger partial charge in [-0.2, -0.15) is 0 Å². The lowest BCUT2D eigenvalue weighted by atomic mass is 10.0. The van der Waals surface area contributed by atoms with Crippen molar-refractivity contribution in [2.45, 2.75) is 58.3 Å². The van der Waals surface area contributed by atoms with Gasteiger partial charge >= 0.3 is 0 Å². The molecule has 246 valence electrons. The third-order valence-electron chi connectivity index (χ3n) is 7.87. The summed E-state index contributed by atoms with van der Waals surface area (Å²) < 4.78 is 5.61. The Kier molecular flexibility index (Phi) is 10.8. The van der Waals surface area contributed by atoms with Crippen LogP contribution in [0.3, 0.4) is 0 Å². The van der Waals surface area contributed by atoms with Crippen LogP contribution in [0.2, 0.25) is 5.02 Å². The zero-order chi connectivity index (χ0) is 33.6. The normalized spacial score (nSPS) is 14.6. The van der Waals surface area contributed by atoms with Gasteiger partial charge in [-0.15, -0.1) is 0 Å². The average molecular weight is 658 g/mol. The number of amides is 2. The number of aliphatic hydroxyl groups is 1. The van der Waals surface area contributed by atoms with Crippen molar-refractivity contribution < 1.29 is 19.4 Å². The van der Waals surface area contributed by atoms with Gasteiger partial charge in [0.05, 0.1) is 29.1 Å². The first-order chi connectivity index (χ1) is 22.5.